The summed E-state index contributed by atoms with van der Waals surface area (Å²) in [5, 5.41) is 0. The molecule has 0 aliphatic rings. The van der Waals surface area contributed by atoms with Crippen molar-refractivity contribution in [1.29, 1.82) is 0 Å². The minimum absolute atomic E-state index is 0.154. The normalized spacial score (nSPS) is 12.4. The second-order valence-electron chi connectivity index (χ2n) is 4.86. The van der Waals surface area contributed by atoms with Gasteiger partial charge in [-0.25, -0.2) is 8.42 Å². The fourth-order valence-corrected chi connectivity index (χ4v) is 4.00. The lowest BCUT2D eigenvalue weighted by Crippen LogP contribution is -2.36. The Morgan fingerprint density at radius 1 is 1.39 bits per heavy atom. The van der Waals surface area contributed by atoms with E-state index >= 15 is 0 Å². The molecule has 0 aromatic heterocycles. The van der Waals surface area contributed by atoms with E-state index in [2.05, 4.69) is 11.8 Å². The van der Waals surface area contributed by atoms with Crippen molar-refractivity contribution in [2.45, 2.75) is 31.7 Å². The molecule has 0 bridgehead atoms. The van der Waals surface area contributed by atoms with Crippen LogP contribution in [0.3, 0.4) is 0 Å². The lowest BCUT2D eigenvalue weighted by Gasteiger charge is -2.24. The third-order valence-corrected chi connectivity index (χ3v) is 6.53. The number of ether oxygens (including phenoxy) is 1. The van der Waals surface area contributed by atoms with E-state index in [0.29, 0.717) is 11.5 Å². The molecule has 0 spiro atoms. The Balaban J connectivity index is 2.81. The zero-order valence-electron chi connectivity index (χ0n) is 13.7. The molecule has 0 heterocycles. The lowest BCUT2D eigenvalue weighted by atomic mass is 10.3. The Kier molecular flexibility index (Phi) is 8.06. The maximum absolute atomic E-state index is 12.6. The quantitative estimate of drug-likeness (QED) is 0.544. The molecule has 1 aromatic rings. The van der Waals surface area contributed by atoms with Gasteiger partial charge in [0.15, 0.2) is 0 Å². The Labute approximate surface area is 148 Å². The molecular formula is C16H21NO3S3. The number of thiocarbonyl (C=S) groups is 1. The highest BCUT2D eigenvalue weighted by atomic mass is 32.2. The Bertz CT molecular complexity index is 688. The van der Waals surface area contributed by atoms with Crippen molar-refractivity contribution in [2.24, 2.45) is 0 Å². The molecule has 126 valence electrons. The standard InChI is InChI=1S/C16H21NO3S3/c1-5-6-11-20-15-7-9-16(10-8-15)23(18,19)17(4)13(2)12-22-14(3)21/h7-10,13H,11-12H2,1-4H3/t13-/m1/s1. The summed E-state index contributed by atoms with van der Waals surface area (Å²) in [5.41, 5.74) is 0. The maximum atomic E-state index is 12.6. The van der Waals surface area contributed by atoms with Crippen molar-refractivity contribution in [1.82, 2.24) is 4.31 Å². The first-order valence-electron chi connectivity index (χ1n) is 7.03. The number of thioether (sulfide) groups is 1. The minimum atomic E-state index is -3.53. The summed E-state index contributed by atoms with van der Waals surface area (Å²) in [4.78, 5) is 0.241. The van der Waals surface area contributed by atoms with Crippen LogP contribution >= 0.6 is 24.0 Å². The lowest BCUT2D eigenvalue weighted by molar-refractivity contribution is 0.369. The summed E-state index contributed by atoms with van der Waals surface area (Å²) in [6.45, 7) is 5.72. The van der Waals surface area contributed by atoms with E-state index in [1.54, 1.807) is 38.2 Å². The van der Waals surface area contributed by atoms with E-state index in [0.717, 1.165) is 4.20 Å². The van der Waals surface area contributed by atoms with Crippen molar-refractivity contribution in [3.63, 3.8) is 0 Å². The summed E-state index contributed by atoms with van der Waals surface area (Å²) in [5.74, 6) is 6.74. The first kappa shape index (κ1) is 20.0. The van der Waals surface area contributed by atoms with E-state index in [1.165, 1.54) is 16.1 Å². The second-order valence-corrected chi connectivity index (χ2v) is 8.96. The zero-order chi connectivity index (χ0) is 17.5. The van der Waals surface area contributed by atoms with Gasteiger partial charge >= 0.3 is 0 Å². The van der Waals surface area contributed by atoms with Gasteiger partial charge in [-0.3, -0.25) is 0 Å². The SMILES string of the molecule is CC#CCOc1ccc(S(=O)(=O)N(C)[C@H](C)CSC(C)=S)cc1. The molecule has 0 fully saturated rings. The zero-order valence-corrected chi connectivity index (χ0v) is 16.1. The van der Waals surface area contributed by atoms with Gasteiger partial charge in [0.25, 0.3) is 0 Å². The van der Waals surface area contributed by atoms with Crippen LogP contribution in [0.2, 0.25) is 0 Å². The predicted molar refractivity (Wildman–Crippen MR) is 101 cm³/mol. The van der Waals surface area contributed by atoms with Crippen LogP contribution in [-0.4, -0.2) is 42.4 Å². The van der Waals surface area contributed by atoms with Crippen LogP contribution in [-0.2, 0) is 10.0 Å². The monoisotopic (exact) mass is 371 g/mol. The molecular weight excluding hydrogens is 350 g/mol. The van der Waals surface area contributed by atoms with Crippen molar-refractivity contribution >= 4 is 38.2 Å². The Morgan fingerprint density at radius 3 is 2.52 bits per heavy atom. The van der Waals surface area contributed by atoms with Gasteiger partial charge in [0.1, 0.15) is 12.4 Å². The largest absolute Gasteiger partial charge is 0.481 e. The molecule has 0 saturated carbocycles. The number of nitrogens with zero attached hydrogens (tertiary/aromatic N) is 1. The van der Waals surface area contributed by atoms with E-state index in [9.17, 15) is 8.42 Å². The van der Waals surface area contributed by atoms with E-state index in [1.807, 2.05) is 13.8 Å². The first-order chi connectivity index (χ1) is 10.8. The highest BCUT2D eigenvalue weighted by molar-refractivity contribution is 8.23. The molecule has 0 unspecified atom stereocenters. The molecule has 1 atom stereocenters. The van der Waals surface area contributed by atoms with Gasteiger partial charge < -0.3 is 4.74 Å². The summed E-state index contributed by atoms with van der Waals surface area (Å²) in [6.07, 6.45) is 0. The van der Waals surface area contributed by atoms with Gasteiger partial charge in [0.2, 0.25) is 10.0 Å². The van der Waals surface area contributed by atoms with Crippen molar-refractivity contribution in [3.8, 4) is 17.6 Å². The van der Waals surface area contributed by atoms with Crippen LogP contribution in [0.4, 0.5) is 0 Å². The molecule has 0 saturated heterocycles. The highest BCUT2D eigenvalue weighted by Gasteiger charge is 2.25. The highest BCUT2D eigenvalue weighted by Crippen LogP contribution is 2.21. The summed E-state index contributed by atoms with van der Waals surface area (Å²) in [7, 11) is -1.95. The Morgan fingerprint density at radius 2 is 2.00 bits per heavy atom. The van der Waals surface area contributed by atoms with Gasteiger partial charge in [-0.2, -0.15) is 4.31 Å². The molecule has 0 aliphatic carbocycles. The molecule has 1 rings (SSSR count). The van der Waals surface area contributed by atoms with Crippen LogP contribution in [0, 0.1) is 11.8 Å². The molecule has 4 nitrogen and oxygen atoms in total. The van der Waals surface area contributed by atoms with Crippen molar-refractivity contribution < 1.29 is 13.2 Å². The van der Waals surface area contributed by atoms with Crippen LogP contribution in [0.15, 0.2) is 29.2 Å². The fourth-order valence-electron chi connectivity index (χ4n) is 1.65. The van der Waals surface area contributed by atoms with Crippen LogP contribution in [0.1, 0.15) is 20.8 Å². The maximum Gasteiger partial charge on any atom is 0.243 e. The first-order valence-corrected chi connectivity index (χ1v) is 9.86. The third-order valence-electron chi connectivity index (χ3n) is 3.14. The summed E-state index contributed by atoms with van der Waals surface area (Å²) < 4.78 is 32.8. The minimum Gasteiger partial charge on any atom is -0.481 e. The predicted octanol–water partition coefficient (Wildman–Crippen LogP) is 3.18. The topological polar surface area (TPSA) is 46.6 Å². The molecule has 0 radical (unpaired) electrons. The van der Waals surface area contributed by atoms with E-state index in [4.69, 9.17) is 17.0 Å². The van der Waals surface area contributed by atoms with Crippen LogP contribution in [0.5, 0.6) is 5.75 Å². The van der Waals surface area contributed by atoms with Gasteiger partial charge in [0.05, 0.1) is 4.90 Å². The smallest absolute Gasteiger partial charge is 0.243 e. The van der Waals surface area contributed by atoms with Gasteiger partial charge in [0, 0.05) is 23.0 Å². The van der Waals surface area contributed by atoms with Crippen LogP contribution in [0.25, 0.3) is 0 Å². The number of sulfonamides is 1. The van der Waals surface area contributed by atoms with Gasteiger partial charge in [-0.1, -0.05) is 18.1 Å². The average Bonchev–Trinajstić information content (AvgIpc) is 2.52. The van der Waals surface area contributed by atoms with Crippen molar-refractivity contribution in [2.75, 3.05) is 19.4 Å². The Hall–Kier alpha value is -1.07. The number of rotatable bonds is 7. The van der Waals surface area contributed by atoms with Crippen LogP contribution < -0.4 is 4.74 Å². The van der Waals surface area contributed by atoms with Gasteiger partial charge in [-0.05, 0) is 45.0 Å². The molecule has 0 amide bonds. The third kappa shape index (κ3) is 6.15. The number of hydrogen-bond donors (Lipinski definition) is 0. The van der Waals surface area contributed by atoms with E-state index in [-0.39, 0.29) is 17.5 Å². The summed E-state index contributed by atoms with van der Waals surface area (Å²) >= 11 is 6.50. The molecule has 1 aromatic carbocycles. The average molecular weight is 372 g/mol. The fraction of sp³-hybridized carbons (Fsp3) is 0.438. The molecule has 0 aliphatic heterocycles. The molecule has 23 heavy (non-hydrogen) atoms. The summed E-state index contributed by atoms with van der Waals surface area (Å²) in [6, 6.07) is 6.21. The molecule has 7 heteroatoms. The van der Waals surface area contributed by atoms with Crippen molar-refractivity contribution in [3.05, 3.63) is 24.3 Å². The number of benzene rings is 1. The number of hydrogen-bond acceptors (Lipinski definition) is 5. The molecule has 0 N–H and O–H groups in total. The van der Waals surface area contributed by atoms with E-state index < -0.39 is 10.0 Å². The van der Waals surface area contributed by atoms with Gasteiger partial charge in [-0.15, -0.1) is 17.7 Å². The second kappa shape index (κ2) is 9.28.